The van der Waals surface area contributed by atoms with Gasteiger partial charge in [0.1, 0.15) is 6.61 Å². The Kier molecular flexibility index (Phi) is 8.06. The number of aliphatic carboxylic acids is 1. The molecule has 0 aliphatic heterocycles. The van der Waals surface area contributed by atoms with Gasteiger partial charge in [-0.3, -0.25) is 9.59 Å². The maximum absolute atomic E-state index is 13.0. The molecule has 1 atom stereocenters. The SMILES string of the molecule is CN(CCCCC(=O)O)C(=O)C(CNC(=O)OCC1c2ccccc2-c2ccccc21)CC1CC1. The minimum Gasteiger partial charge on any atom is -0.481 e. The smallest absolute Gasteiger partial charge is 0.407 e. The van der Waals surface area contributed by atoms with E-state index >= 15 is 0 Å². The lowest BCUT2D eigenvalue weighted by atomic mass is 9.98. The number of carboxylic acid groups (broad SMARTS) is 1. The minimum atomic E-state index is -0.821. The number of nitrogens with one attached hydrogen (secondary N) is 1. The van der Waals surface area contributed by atoms with Crippen molar-refractivity contribution in [3.63, 3.8) is 0 Å². The molecule has 1 saturated carbocycles. The molecule has 2 N–H and O–H groups in total. The Morgan fingerprint density at radius 3 is 2.26 bits per heavy atom. The fourth-order valence-electron chi connectivity index (χ4n) is 4.93. The Morgan fingerprint density at radius 1 is 1.03 bits per heavy atom. The van der Waals surface area contributed by atoms with Crippen LogP contribution in [0, 0.1) is 11.8 Å². The van der Waals surface area contributed by atoms with Crippen LogP contribution in [0.5, 0.6) is 0 Å². The Balaban J connectivity index is 1.29. The van der Waals surface area contributed by atoms with E-state index in [1.807, 2.05) is 24.3 Å². The second-order valence-corrected chi connectivity index (χ2v) is 9.69. The van der Waals surface area contributed by atoms with E-state index in [9.17, 15) is 14.4 Å². The fourth-order valence-corrected chi connectivity index (χ4v) is 4.93. The summed E-state index contributed by atoms with van der Waals surface area (Å²) in [5.74, 6) is -0.598. The van der Waals surface area contributed by atoms with Gasteiger partial charge in [-0.15, -0.1) is 0 Å². The van der Waals surface area contributed by atoms with Gasteiger partial charge in [0.05, 0.1) is 5.92 Å². The highest BCUT2D eigenvalue weighted by molar-refractivity contribution is 5.80. The number of amides is 2. The molecule has 2 aliphatic rings. The van der Waals surface area contributed by atoms with Crippen LogP contribution in [0.1, 0.15) is 55.6 Å². The van der Waals surface area contributed by atoms with Crippen LogP contribution in [-0.2, 0) is 14.3 Å². The number of carboxylic acids is 1. The third-order valence-electron chi connectivity index (χ3n) is 7.01. The third-order valence-corrected chi connectivity index (χ3v) is 7.01. The highest BCUT2D eigenvalue weighted by Gasteiger charge is 2.32. The molecule has 1 fully saturated rings. The average molecular weight is 479 g/mol. The molecule has 7 nitrogen and oxygen atoms in total. The summed E-state index contributed by atoms with van der Waals surface area (Å²) < 4.78 is 5.62. The van der Waals surface area contributed by atoms with Crippen molar-refractivity contribution in [1.29, 1.82) is 0 Å². The van der Waals surface area contributed by atoms with Crippen molar-refractivity contribution in [2.45, 2.75) is 44.4 Å². The predicted octanol–water partition coefficient (Wildman–Crippen LogP) is 4.65. The standard InChI is InChI=1S/C28H34N2O5/c1-30(15-7-6-12-26(31)32)27(33)20(16-19-13-14-19)17-29-28(34)35-18-25-23-10-4-2-8-21(23)22-9-3-5-11-24(22)25/h2-5,8-11,19-20,25H,6-7,12-18H2,1H3,(H,29,34)(H,31,32). The quantitative estimate of drug-likeness (QED) is 0.433. The Labute approximate surface area is 206 Å². The number of hydrogen-bond acceptors (Lipinski definition) is 4. The fraction of sp³-hybridized carbons (Fsp3) is 0.464. The molecule has 7 heteroatoms. The second-order valence-electron chi connectivity index (χ2n) is 9.69. The first-order chi connectivity index (χ1) is 16.9. The Hall–Kier alpha value is -3.35. The number of fused-ring (bicyclic) bond motifs is 3. The van der Waals surface area contributed by atoms with Crippen molar-refractivity contribution in [1.82, 2.24) is 10.2 Å². The number of benzene rings is 2. The number of alkyl carbamates (subject to hydrolysis) is 1. The molecule has 0 aromatic heterocycles. The molecule has 1 unspecified atom stereocenters. The van der Waals surface area contributed by atoms with Crippen molar-refractivity contribution < 1.29 is 24.2 Å². The number of ether oxygens (including phenoxy) is 1. The molecular weight excluding hydrogens is 444 g/mol. The molecule has 0 heterocycles. The van der Waals surface area contributed by atoms with Gasteiger partial charge in [0, 0.05) is 32.5 Å². The van der Waals surface area contributed by atoms with Crippen molar-refractivity contribution in [3.8, 4) is 11.1 Å². The van der Waals surface area contributed by atoms with E-state index in [0.717, 1.165) is 30.4 Å². The number of carbonyl (C=O) groups excluding carboxylic acids is 2. The zero-order valence-corrected chi connectivity index (χ0v) is 20.2. The first-order valence-electron chi connectivity index (χ1n) is 12.5. The first-order valence-corrected chi connectivity index (χ1v) is 12.5. The van der Waals surface area contributed by atoms with Crippen LogP contribution in [0.25, 0.3) is 11.1 Å². The van der Waals surface area contributed by atoms with Gasteiger partial charge in [-0.2, -0.15) is 0 Å². The van der Waals surface area contributed by atoms with E-state index in [0.29, 0.717) is 25.3 Å². The molecule has 0 bridgehead atoms. The van der Waals surface area contributed by atoms with Gasteiger partial charge < -0.3 is 20.1 Å². The van der Waals surface area contributed by atoms with Crippen LogP contribution in [-0.4, -0.2) is 54.7 Å². The normalized spacial score (nSPS) is 15.1. The molecule has 35 heavy (non-hydrogen) atoms. The number of rotatable bonds is 12. The van der Waals surface area contributed by atoms with Gasteiger partial charge in [0.25, 0.3) is 0 Å². The lowest BCUT2D eigenvalue weighted by Crippen LogP contribution is -2.40. The Bertz CT molecular complexity index is 1020. The first kappa shape index (κ1) is 24.8. The van der Waals surface area contributed by atoms with E-state index < -0.39 is 12.1 Å². The van der Waals surface area contributed by atoms with Crippen LogP contribution < -0.4 is 5.32 Å². The average Bonchev–Trinajstić information content (AvgIpc) is 3.63. The van der Waals surface area contributed by atoms with Crippen LogP contribution in [0.3, 0.4) is 0 Å². The van der Waals surface area contributed by atoms with E-state index in [1.54, 1.807) is 11.9 Å². The molecular formula is C28H34N2O5. The zero-order valence-electron chi connectivity index (χ0n) is 20.2. The van der Waals surface area contributed by atoms with Crippen LogP contribution >= 0.6 is 0 Å². The van der Waals surface area contributed by atoms with Crippen molar-refractivity contribution in [2.24, 2.45) is 11.8 Å². The molecule has 2 aliphatic carbocycles. The van der Waals surface area contributed by atoms with Crippen LogP contribution in [0.2, 0.25) is 0 Å². The predicted molar refractivity (Wildman–Crippen MR) is 133 cm³/mol. The summed E-state index contributed by atoms with van der Waals surface area (Å²) in [7, 11) is 1.75. The van der Waals surface area contributed by atoms with Crippen molar-refractivity contribution in [2.75, 3.05) is 26.7 Å². The summed E-state index contributed by atoms with van der Waals surface area (Å²) in [5, 5.41) is 11.6. The molecule has 2 aromatic carbocycles. The monoisotopic (exact) mass is 478 g/mol. The number of hydrogen-bond donors (Lipinski definition) is 2. The molecule has 0 spiro atoms. The van der Waals surface area contributed by atoms with Crippen molar-refractivity contribution >= 4 is 18.0 Å². The minimum absolute atomic E-state index is 0.00558. The molecule has 2 amide bonds. The summed E-state index contributed by atoms with van der Waals surface area (Å²) in [6, 6.07) is 16.4. The lowest BCUT2D eigenvalue weighted by molar-refractivity contribution is -0.137. The zero-order chi connectivity index (χ0) is 24.8. The number of nitrogens with zero attached hydrogens (tertiary/aromatic N) is 1. The van der Waals surface area contributed by atoms with Gasteiger partial charge in [0.15, 0.2) is 0 Å². The van der Waals surface area contributed by atoms with E-state index in [4.69, 9.17) is 9.84 Å². The van der Waals surface area contributed by atoms with E-state index in [1.165, 1.54) is 11.1 Å². The molecule has 2 aromatic rings. The van der Waals surface area contributed by atoms with Gasteiger partial charge in [0.2, 0.25) is 5.91 Å². The van der Waals surface area contributed by atoms with Crippen LogP contribution in [0.15, 0.2) is 48.5 Å². The molecule has 0 radical (unpaired) electrons. The van der Waals surface area contributed by atoms with Gasteiger partial charge in [-0.05, 0) is 47.4 Å². The van der Waals surface area contributed by atoms with Gasteiger partial charge in [-0.25, -0.2) is 4.79 Å². The summed E-state index contributed by atoms with van der Waals surface area (Å²) in [5.41, 5.74) is 4.68. The van der Waals surface area contributed by atoms with Gasteiger partial charge in [-0.1, -0.05) is 61.4 Å². The van der Waals surface area contributed by atoms with Crippen molar-refractivity contribution in [3.05, 3.63) is 59.7 Å². The van der Waals surface area contributed by atoms with Gasteiger partial charge >= 0.3 is 12.1 Å². The van der Waals surface area contributed by atoms with E-state index in [2.05, 4.69) is 29.6 Å². The largest absolute Gasteiger partial charge is 0.481 e. The summed E-state index contributed by atoms with van der Waals surface area (Å²) in [6.45, 7) is 0.994. The Morgan fingerprint density at radius 2 is 1.66 bits per heavy atom. The maximum atomic E-state index is 13.0. The lowest BCUT2D eigenvalue weighted by Gasteiger charge is -2.24. The maximum Gasteiger partial charge on any atom is 0.407 e. The third kappa shape index (κ3) is 6.41. The molecule has 186 valence electrons. The molecule has 4 rings (SSSR count). The molecule has 0 saturated heterocycles. The number of unbranched alkanes of at least 4 members (excludes halogenated alkanes) is 1. The van der Waals surface area contributed by atoms with Crippen LogP contribution in [0.4, 0.5) is 4.79 Å². The second kappa shape index (κ2) is 11.4. The summed E-state index contributed by atoms with van der Waals surface area (Å²) >= 11 is 0. The van der Waals surface area contributed by atoms with E-state index in [-0.39, 0.29) is 37.3 Å². The highest BCUT2D eigenvalue weighted by atomic mass is 16.5. The highest BCUT2D eigenvalue weighted by Crippen LogP contribution is 2.44. The summed E-state index contributed by atoms with van der Waals surface area (Å²) in [6.07, 6.45) is 3.78. The summed E-state index contributed by atoms with van der Waals surface area (Å²) in [4.78, 5) is 37.9. The topological polar surface area (TPSA) is 95.9 Å². The number of carbonyl (C=O) groups is 3.